The molecule has 1 rings (SSSR count). The van der Waals surface area contributed by atoms with E-state index < -0.39 is 5.91 Å². The second-order valence-corrected chi connectivity index (χ2v) is 3.41. The van der Waals surface area contributed by atoms with Crippen LogP contribution in [0.3, 0.4) is 0 Å². The molecular formula is C8H8NO3S. The molecule has 0 saturated heterocycles. The summed E-state index contributed by atoms with van der Waals surface area (Å²) in [5, 5.41) is 18.0. The third kappa shape index (κ3) is 2.87. The lowest BCUT2D eigenvalue weighted by Gasteiger charge is -2.00. The highest BCUT2D eigenvalue weighted by atomic mass is 32.2. The van der Waals surface area contributed by atoms with Gasteiger partial charge in [0.1, 0.15) is 0 Å². The first kappa shape index (κ1) is 9.73. The van der Waals surface area contributed by atoms with Gasteiger partial charge in [0.25, 0.3) is 0 Å². The number of aromatic hydroxyl groups is 2. The van der Waals surface area contributed by atoms with Crippen LogP contribution in [0.1, 0.15) is 0 Å². The third-order valence-electron chi connectivity index (χ3n) is 1.32. The van der Waals surface area contributed by atoms with Crippen molar-refractivity contribution in [1.29, 1.82) is 0 Å². The molecule has 1 aromatic rings. The standard InChI is InChI=1S/C8H8NO3S/c9-8(12)4-13-5-1-2-6(10)7(11)3-5/h1-3,9-11H,4H2. The van der Waals surface area contributed by atoms with Gasteiger partial charge < -0.3 is 10.2 Å². The minimum atomic E-state index is -0.669. The highest BCUT2D eigenvalue weighted by Crippen LogP contribution is 2.29. The molecule has 0 aliphatic heterocycles. The molecule has 0 aliphatic carbocycles. The van der Waals surface area contributed by atoms with E-state index >= 15 is 0 Å². The fourth-order valence-corrected chi connectivity index (χ4v) is 1.40. The predicted molar refractivity (Wildman–Crippen MR) is 48.6 cm³/mol. The number of amides is 1. The second-order valence-electron chi connectivity index (χ2n) is 2.36. The molecule has 5 heteroatoms. The maximum atomic E-state index is 10.3. The molecule has 1 radical (unpaired) electrons. The zero-order valence-corrected chi connectivity index (χ0v) is 7.47. The summed E-state index contributed by atoms with van der Waals surface area (Å²) >= 11 is 1.14. The van der Waals surface area contributed by atoms with Crippen molar-refractivity contribution in [1.82, 2.24) is 5.73 Å². The molecule has 0 bridgehead atoms. The molecule has 13 heavy (non-hydrogen) atoms. The number of carbonyl (C=O) groups excluding carboxylic acids is 1. The number of hydrogen-bond donors (Lipinski definition) is 2. The van der Waals surface area contributed by atoms with Crippen molar-refractivity contribution in [3.8, 4) is 11.5 Å². The maximum absolute atomic E-state index is 10.3. The average molecular weight is 198 g/mol. The molecule has 1 aromatic carbocycles. The summed E-state index contributed by atoms with van der Waals surface area (Å²) in [6.07, 6.45) is 0. The molecule has 69 valence electrons. The Kier molecular flexibility index (Phi) is 3.02. The largest absolute Gasteiger partial charge is 0.504 e. The van der Waals surface area contributed by atoms with Crippen LogP contribution >= 0.6 is 11.8 Å². The lowest BCUT2D eigenvalue weighted by molar-refractivity contribution is -0.116. The number of phenols is 2. The number of nitrogens with one attached hydrogen (secondary N) is 1. The van der Waals surface area contributed by atoms with E-state index in [9.17, 15) is 4.79 Å². The SMILES string of the molecule is [NH]C(=O)CSc1ccc(O)c(O)c1. The fraction of sp³-hybridized carbons (Fsp3) is 0.125. The Morgan fingerprint density at radius 3 is 2.62 bits per heavy atom. The summed E-state index contributed by atoms with van der Waals surface area (Å²) in [5.41, 5.74) is 6.65. The van der Waals surface area contributed by atoms with Crippen LogP contribution in [-0.4, -0.2) is 21.9 Å². The Bertz CT molecular complexity index is 327. The number of phenolic OH excluding ortho intramolecular Hbond substituents is 2. The van der Waals surface area contributed by atoms with Gasteiger partial charge in [-0.3, -0.25) is 10.5 Å². The summed E-state index contributed by atoms with van der Waals surface area (Å²) in [7, 11) is 0. The van der Waals surface area contributed by atoms with Crippen LogP contribution in [-0.2, 0) is 4.79 Å². The minimum absolute atomic E-state index is 0.0458. The third-order valence-corrected chi connectivity index (χ3v) is 2.31. The first-order chi connectivity index (χ1) is 6.09. The molecule has 3 N–H and O–H groups in total. The fourth-order valence-electron chi connectivity index (χ4n) is 0.742. The topological polar surface area (TPSA) is 81.3 Å². The smallest absolute Gasteiger partial charge is 0.248 e. The van der Waals surface area contributed by atoms with Crippen molar-refractivity contribution in [3.63, 3.8) is 0 Å². The Labute approximate surface area is 79.4 Å². The van der Waals surface area contributed by atoms with E-state index in [2.05, 4.69) is 0 Å². The van der Waals surface area contributed by atoms with Gasteiger partial charge in [-0.1, -0.05) is 0 Å². The van der Waals surface area contributed by atoms with Crippen LogP contribution in [0, 0.1) is 0 Å². The van der Waals surface area contributed by atoms with Gasteiger partial charge in [-0.15, -0.1) is 11.8 Å². The molecule has 0 saturated carbocycles. The molecule has 0 aliphatic rings. The van der Waals surface area contributed by atoms with Crippen LogP contribution in [0.4, 0.5) is 0 Å². The van der Waals surface area contributed by atoms with Gasteiger partial charge in [-0.2, -0.15) is 0 Å². The average Bonchev–Trinajstić information content (AvgIpc) is 2.07. The van der Waals surface area contributed by atoms with Crippen molar-refractivity contribution in [2.45, 2.75) is 4.90 Å². The van der Waals surface area contributed by atoms with Gasteiger partial charge >= 0.3 is 0 Å². The summed E-state index contributed by atoms with van der Waals surface area (Å²) < 4.78 is 0. The van der Waals surface area contributed by atoms with Crippen molar-refractivity contribution < 1.29 is 15.0 Å². The van der Waals surface area contributed by atoms with Gasteiger partial charge in [0.15, 0.2) is 11.5 Å². The Morgan fingerprint density at radius 1 is 1.38 bits per heavy atom. The van der Waals surface area contributed by atoms with E-state index in [0.29, 0.717) is 4.90 Å². The Balaban J connectivity index is 2.68. The maximum Gasteiger partial charge on any atom is 0.248 e. The van der Waals surface area contributed by atoms with Crippen molar-refractivity contribution in [2.75, 3.05) is 5.75 Å². The molecule has 4 nitrogen and oxygen atoms in total. The van der Waals surface area contributed by atoms with E-state index in [0.717, 1.165) is 11.8 Å². The van der Waals surface area contributed by atoms with Gasteiger partial charge in [-0.05, 0) is 18.2 Å². The van der Waals surface area contributed by atoms with Crippen LogP contribution in [0.25, 0.3) is 0 Å². The van der Waals surface area contributed by atoms with Crippen LogP contribution in [0.15, 0.2) is 23.1 Å². The minimum Gasteiger partial charge on any atom is -0.504 e. The summed E-state index contributed by atoms with van der Waals surface area (Å²) in [6.45, 7) is 0. The predicted octanol–water partition coefficient (Wildman–Crippen LogP) is 0.999. The van der Waals surface area contributed by atoms with E-state index in [4.69, 9.17) is 15.9 Å². The van der Waals surface area contributed by atoms with Crippen LogP contribution in [0.2, 0.25) is 0 Å². The molecule has 0 atom stereocenters. The van der Waals surface area contributed by atoms with E-state index in [1.807, 2.05) is 0 Å². The molecule has 0 fully saturated rings. The van der Waals surface area contributed by atoms with Gasteiger partial charge in [-0.25, -0.2) is 0 Å². The number of carbonyl (C=O) groups is 1. The number of hydrogen-bond acceptors (Lipinski definition) is 4. The van der Waals surface area contributed by atoms with Gasteiger partial charge in [0.2, 0.25) is 5.91 Å². The summed E-state index contributed by atoms with van der Waals surface area (Å²) in [6, 6.07) is 4.26. The highest BCUT2D eigenvalue weighted by Gasteiger charge is 2.02. The van der Waals surface area contributed by atoms with Crippen LogP contribution < -0.4 is 5.73 Å². The monoisotopic (exact) mass is 198 g/mol. The number of benzene rings is 1. The summed E-state index contributed by atoms with van der Waals surface area (Å²) in [4.78, 5) is 11.0. The second kappa shape index (κ2) is 4.04. The molecule has 0 aromatic heterocycles. The van der Waals surface area contributed by atoms with Crippen LogP contribution in [0.5, 0.6) is 11.5 Å². The molecule has 0 heterocycles. The van der Waals surface area contributed by atoms with Gasteiger partial charge in [0.05, 0.1) is 5.75 Å². The quantitative estimate of drug-likeness (QED) is 0.560. The van der Waals surface area contributed by atoms with Crippen molar-refractivity contribution >= 4 is 17.7 Å². The first-order valence-electron chi connectivity index (χ1n) is 3.49. The lowest BCUT2D eigenvalue weighted by atomic mass is 10.3. The Morgan fingerprint density at radius 2 is 2.08 bits per heavy atom. The first-order valence-corrected chi connectivity index (χ1v) is 4.47. The van der Waals surface area contributed by atoms with E-state index in [-0.39, 0.29) is 17.3 Å². The lowest BCUT2D eigenvalue weighted by Crippen LogP contribution is -1.99. The molecule has 1 amide bonds. The van der Waals surface area contributed by atoms with E-state index in [1.165, 1.54) is 12.1 Å². The zero-order valence-electron chi connectivity index (χ0n) is 6.65. The van der Waals surface area contributed by atoms with Crippen molar-refractivity contribution in [3.05, 3.63) is 18.2 Å². The normalized spacial score (nSPS) is 9.85. The highest BCUT2D eigenvalue weighted by molar-refractivity contribution is 8.00. The molecular weight excluding hydrogens is 190 g/mol. The zero-order chi connectivity index (χ0) is 9.84. The number of thioether (sulfide) groups is 1. The number of rotatable bonds is 3. The Hall–Kier alpha value is -1.36. The van der Waals surface area contributed by atoms with E-state index in [1.54, 1.807) is 6.07 Å². The van der Waals surface area contributed by atoms with Crippen molar-refractivity contribution in [2.24, 2.45) is 0 Å². The molecule has 0 spiro atoms. The van der Waals surface area contributed by atoms with Gasteiger partial charge in [0, 0.05) is 4.90 Å². The molecule has 0 unspecified atom stereocenters. The summed E-state index contributed by atoms with van der Waals surface area (Å²) in [5.74, 6) is -1.04.